The SMILES string of the molecule is COc1cc(C(C)C)ccc1OC[C@H]1COCCO1. The van der Waals surface area contributed by atoms with Gasteiger partial charge in [0.15, 0.2) is 11.5 Å². The van der Waals surface area contributed by atoms with Crippen LogP contribution in [0, 0.1) is 0 Å². The molecule has 1 atom stereocenters. The van der Waals surface area contributed by atoms with Crippen molar-refractivity contribution in [2.75, 3.05) is 33.5 Å². The number of benzene rings is 1. The van der Waals surface area contributed by atoms with Gasteiger partial charge in [0, 0.05) is 0 Å². The Morgan fingerprint density at radius 1 is 1.26 bits per heavy atom. The van der Waals surface area contributed by atoms with E-state index in [0.29, 0.717) is 32.3 Å². The third kappa shape index (κ3) is 3.85. The fourth-order valence-electron chi connectivity index (χ4n) is 1.98. The molecule has 1 aromatic rings. The summed E-state index contributed by atoms with van der Waals surface area (Å²) in [6.45, 7) is 6.69. The molecule has 0 aliphatic carbocycles. The van der Waals surface area contributed by atoms with E-state index in [1.165, 1.54) is 5.56 Å². The molecule has 0 bridgehead atoms. The first-order valence-corrected chi connectivity index (χ1v) is 6.70. The van der Waals surface area contributed by atoms with Crippen molar-refractivity contribution < 1.29 is 18.9 Å². The molecule has 0 saturated carbocycles. The van der Waals surface area contributed by atoms with Crippen molar-refractivity contribution in [3.05, 3.63) is 23.8 Å². The summed E-state index contributed by atoms with van der Waals surface area (Å²) in [7, 11) is 1.66. The van der Waals surface area contributed by atoms with Crippen LogP contribution in [0.25, 0.3) is 0 Å². The van der Waals surface area contributed by atoms with Gasteiger partial charge in [-0.3, -0.25) is 0 Å². The van der Waals surface area contributed by atoms with Gasteiger partial charge in [0.25, 0.3) is 0 Å². The van der Waals surface area contributed by atoms with E-state index in [0.717, 1.165) is 11.5 Å². The maximum atomic E-state index is 5.77. The van der Waals surface area contributed by atoms with Crippen molar-refractivity contribution in [1.29, 1.82) is 0 Å². The summed E-state index contributed by atoms with van der Waals surface area (Å²) in [5, 5.41) is 0. The molecule has 0 aromatic heterocycles. The Bertz CT molecular complexity index is 397. The minimum absolute atomic E-state index is 0.00299. The topological polar surface area (TPSA) is 36.9 Å². The van der Waals surface area contributed by atoms with Crippen LogP contribution in [0.1, 0.15) is 25.3 Å². The summed E-state index contributed by atoms with van der Waals surface area (Å²) in [4.78, 5) is 0. The first kappa shape index (κ1) is 14.2. The molecule has 1 aromatic carbocycles. The summed E-state index contributed by atoms with van der Waals surface area (Å²) >= 11 is 0. The molecule has 106 valence electrons. The van der Waals surface area contributed by atoms with E-state index in [9.17, 15) is 0 Å². The van der Waals surface area contributed by atoms with Gasteiger partial charge in [-0.25, -0.2) is 0 Å². The van der Waals surface area contributed by atoms with Crippen molar-refractivity contribution in [3.8, 4) is 11.5 Å². The van der Waals surface area contributed by atoms with Gasteiger partial charge < -0.3 is 18.9 Å². The molecule has 1 heterocycles. The summed E-state index contributed by atoms with van der Waals surface area (Å²) < 4.78 is 22.0. The van der Waals surface area contributed by atoms with Crippen LogP contribution in [0.3, 0.4) is 0 Å². The molecule has 1 fully saturated rings. The lowest BCUT2D eigenvalue weighted by atomic mass is 10.0. The lowest BCUT2D eigenvalue weighted by molar-refractivity contribution is -0.101. The Morgan fingerprint density at radius 3 is 2.74 bits per heavy atom. The van der Waals surface area contributed by atoms with Crippen LogP contribution >= 0.6 is 0 Å². The standard InChI is InChI=1S/C15H22O4/c1-11(2)12-4-5-14(15(8-12)16-3)19-10-13-9-17-6-7-18-13/h4-5,8,11,13H,6-7,9-10H2,1-3H3/t13-/m1/s1. The predicted octanol–water partition coefficient (Wildman–Crippen LogP) is 2.61. The fourth-order valence-corrected chi connectivity index (χ4v) is 1.98. The lowest BCUT2D eigenvalue weighted by Crippen LogP contribution is -2.33. The number of ether oxygens (including phenoxy) is 4. The summed E-state index contributed by atoms with van der Waals surface area (Å²) in [5.41, 5.74) is 1.24. The quantitative estimate of drug-likeness (QED) is 0.821. The number of rotatable bonds is 5. The highest BCUT2D eigenvalue weighted by Gasteiger charge is 2.16. The maximum Gasteiger partial charge on any atom is 0.161 e. The highest BCUT2D eigenvalue weighted by atomic mass is 16.6. The summed E-state index contributed by atoms with van der Waals surface area (Å²) in [5.74, 6) is 1.99. The second-order valence-electron chi connectivity index (χ2n) is 4.94. The number of hydrogen-bond acceptors (Lipinski definition) is 4. The number of hydrogen-bond donors (Lipinski definition) is 0. The number of methoxy groups -OCH3 is 1. The molecule has 1 aliphatic heterocycles. The average molecular weight is 266 g/mol. The smallest absolute Gasteiger partial charge is 0.161 e. The van der Waals surface area contributed by atoms with E-state index in [1.54, 1.807) is 7.11 Å². The van der Waals surface area contributed by atoms with Crippen molar-refractivity contribution in [2.24, 2.45) is 0 Å². The van der Waals surface area contributed by atoms with E-state index in [1.807, 2.05) is 12.1 Å². The molecule has 1 saturated heterocycles. The van der Waals surface area contributed by atoms with Crippen molar-refractivity contribution >= 4 is 0 Å². The van der Waals surface area contributed by atoms with Crippen molar-refractivity contribution in [1.82, 2.24) is 0 Å². The molecule has 0 unspecified atom stereocenters. The normalized spacial score (nSPS) is 19.5. The van der Waals surface area contributed by atoms with Crippen LogP contribution in [0.15, 0.2) is 18.2 Å². The Balaban J connectivity index is 1.98. The van der Waals surface area contributed by atoms with Crippen LogP contribution < -0.4 is 9.47 Å². The Hall–Kier alpha value is -1.26. The van der Waals surface area contributed by atoms with E-state index >= 15 is 0 Å². The van der Waals surface area contributed by atoms with E-state index in [4.69, 9.17) is 18.9 Å². The lowest BCUT2D eigenvalue weighted by Gasteiger charge is -2.23. The van der Waals surface area contributed by atoms with Gasteiger partial charge in [-0.05, 0) is 23.6 Å². The van der Waals surface area contributed by atoms with Crippen molar-refractivity contribution in [3.63, 3.8) is 0 Å². The Morgan fingerprint density at radius 2 is 2.11 bits per heavy atom. The highest BCUT2D eigenvalue weighted by Crippen LogP contribution is 2.31. The minimum atomic E-state index is 0.00299. The molecule has 0 amide bonds. The van der Waals surface area contributed by atoms with Gasteiger partial charge >= 0.3 is 0 Å². The fraction of sp³-hybridized carbons (Fsp3) is 0.600. The van der Waals surface area contributed by atoms with Crippen LogP contribution in [0.2, 0.25) is 0 Å². The molecule has 19 heavy (non-hydrogen) atoms. The maximum absolute atomic E-state index is 5.77. The minimum Gasteiger partial charge on any atom is -0.493 e. The Kier molecular flexibility index (Phi) is 5.05. The van der Waals surface area contributed by atoms with Gasteiger partial charge in [-0.2, -0.15) is 0 Å². The van der Waals surface area contributed by atoms with Gasteiger partial charge in [0.1, 0.15) is 12.7 Å². The zero-order valence-corrected chi connectivity index (χ0v) is 11.8. The molecular formula is C15H22O4. The second kappa shape index (κ2) is 6.78. The summed E-state index contributed by atoms with van der Waals surface area (Å²) in [6.07, 6.45) is 0.00299. The van der Waals surface area contributed by atoms with E-state index in [-0.39, 0.29) is 6.10 Å². The first-order chi connectivity index (χ1) is 9.20. The second-order valence-corrected chi connectivity index (χ2v) is 4.94. The van der Waals surface area contributed by atoms with Crippen LogP contribution in [-0.4, -0.2) is 39.6 Å². The zero-order chi connectivity index (χ0) is 13.7. The molecule has 4 heteroatoms. The highest BCUT2D eigenvalue weighted by molar-refractivity contribution is 5.43. The third-order valence-electron chi connectivity index (χ3n) is 3.16. The van der Waals surface area contributed by atoms with E-state index < -0.39 is 0 Å². The van der Waals surface area contributed by atoms with Gasteiger partial charge in [0.2, 0.25) is 0 Å². The van der Waals surface area contributed by atoms with Gasteiger partial charge in [0.05, 0.1) is 26.9 Å². The molecule has 2 rings (SSSR count). The van der Waals surface area contributed by atoms with E-state index in [2.05, 4.69) is 19.9 Å². The third-order valence-corrected chi connectivity index (χ3v) is 3.16. The zero-order valence-electron chi connectivity index (χ0n) is 11.8. The van der Waals surface area contributed by atoms with Gasteiger partial charge in [-0.15, -0.1) is 0 Å². The molecule has 1 aliphatic rings. The van der Waals surface area contributed by atoms with Crippen LogP contribution in [-0.2, 0) is 9.47 Å². The first-order valence-electron chi connectivity index (χ1n) is 6.70. The summed E-state index contributed by atoms with van der Waals surface area (Å²) in [6, 6.07) is 6.05. The average Bonchev–Trinajstić information content (AvgIpc) is 2.45. The molecule has 4 nitrogen and oxygen atoms in total. The Labute approximate surface area is 114 Å². The van der Waals surface area contributed by atoms with Crippen LogP contribution in [0.5, 0.6) is 11.5 Å². The van der Waals surface area contributed by atoms with Crippen LogP contribution in [0.4, 0.5) is 0 Å². The monoisotopic (exact) mass is 266 g/mol. The molecule has 0 spiro atoms. The van der Waals surface area contributed by atoms with Crippen molar-refractivity contribution in [2.45, 2.75) is 25.9 Å². The largest absolute Gasteiger partial charge is 0.493 e. The predicted molar refractivity (Wildman–Crippen MR) is 73.1 cm³/mol. The molecule has 0 N–H and O–H groups in total. The molecule has 0 radical (unpaired) electrons. The molecular weight excluding hydrogens is 244 g/mol. The van der Waals surface area contributed by atoms with Gasteiger partial charge in [-0.1, -0.05) is 19.9 Å².